The Morgan fingerprint density at radius 1 is 1.20 bits per heavy atom. The quantitative estimate of drug-likeness (QED) is 0.873. The third-order valence-electron chi connectivity index (χ3n) is 4.51. The summed E-state index contributed by atoms with van der Waals surface area (Å²) in [5, 5.41) is 15.4. The molecule has 0 saturated heterocycles. The van der Waals surface area contributed by atoms with E-state index in [9.17, 15) is 5.11 Å². The highest BCUT2D eigenvalue weighted by atomic mass is 16.3. The van der Waals surface area contributed by atoms with Gasteiger partial charge in [-0.15, -0.1) is 0 Å². The van der Waals surface area contributed by atoms with Crippen LogP contribution in [0.25, 0.3) is 10.8 Å². The third-order valence-corrected chi connectivity index (χ3v) is 4.51. The summed E-state index contributed by atoms with van der Waals surface area (Å²) in [5.74, 6) is 2.10. The first-order chi connectivity index (χ1) is 9.76. The molecule has 3 rings (SSSR count). The molecule has 1 aromatic carbocycles. The Bertz CT molecular complexity index is 589. The summed E-state index contributed by atoms with van der Waals surface area (Å²) >= 11 is 0. The van der Waals surface area contributed by atoms with E-state index in [1.54, 1.807) is 12.1 Å². The number of phenolic OH excluding ortho intramolecular Hbond substituents is 1. The molecule has 0 radical (unpaired) electrons. The fourth-order valence-corrected chi connectivity index (χ4v) is 3.18. The van der Waals surface area contributed by atoms with Crippen LogP contribution in [-0.2, 0) is 0 Å². The summed E-state index contributed by atoms with van der Waals surface area (Å²) in [4.78, 5) is 4.46. The van der Waals surface area contributed by atoms with E-state index in [-0.39, 0.29) is 0 Å². The second-order valence-corrected chi connectivity index (χ2v) is 5.84. The van der Waals surface area contributed by atoms with Crippen molar-refractivity contribution in [2.75, 3.05) is 5.32 Å². The zero-order valence-electron chi connectivity index (χ0n) is 12.0. The van der Waals surface area contributed by atoms with Crippen LogP contribution in [0.15, 0.2) is 30.5 Å². The Hall–Kier alpha value is -1.77. The highest BCUT2D eigenvalue weighted by Gasteiger charge is 2.20. The van der Waals surface area contributed by atoms with Crippen LogP contribution < -0.4 is 5.32 Å². The predicted octanol–water partition coefficient (Wildman–Crippen LogP) is 4.32. The minimum Gasteiger partial charge on any atom is -0.508 e. The number of aromatic nitrogens is 1. The van der Waals surface area contributed by atoms with Crippen LogP contribution in [0.2, 0.25) is 0 Å². The van der Waals surface area contributed by atoms with Gasteiger partial charge in [0.15, 0.2) is 0 Å². The van der Waals surface area contributed by atoms with Gasteiger partial charge in [-0.3, -0.25) is 0 Å². The molecular formula is C17H22N2O. The van der Waals surface area contributed by atoms with Crippen molar-refractivity contribution >= 4 is 16.6 Å². The fraction of sp³-hybridized carbons (Fsp3) is 0.471. The van der Waals surface area contributed by atoms with Crippen molar-refractivity contribution in [1.29, 1.82) is 0 Å². The lowest BCUT2D eigenvalue weighted by molar-refractivity contribution is 0.330. The van der Waals surface area contributed by atoms with Crippen molar-refractivity contribution in [3.63, 3.8) is 0 Å². The second-order valence-electron chi connectivity index (χ2n) is 5.84. The standard InChI is InChI=1S/C17H22N2O/c1-2-12-3-6-14(7-4-12)19-17-16-11-15(20)8-5-13(16)9-10-18-17/h5,8-12,14,20H,2-4,6-7H2,1H3,(H,18,19). The van der Waals surface area contributed by atoms with E-state index in [0.717, 1.165) is 22.5 Å². The van der Waals surface area contributed by atoms with Gasteiger partial charge in [-0.25, -0.2) is 4.98 Å². The minimum absolute atomic E-state index is 0.295. The summed E-state index contributed by atoms with van der Waals surface area (Å²) in [6.45, 7) is 2.29. The van der Waals surface area contributed by atoms with E-state index >= 15 is 0 Å². The maximum atomic E-state index is 9.67. The monoisotopic (exact) mass is 270 g/mol. The summed E-state index contributed by atoms with van der Waals surface area (Å²) in [6, 6.07) is 7.94. The molecule has 20 heavy (non-hydrogen) atoms. The van der Waals surface area contributed by atoms with Crippen LogP contribution in [0.3, 0.4) is 0 Å². The molecule has 0 spiro atoms. The van der Waals surface area contributed by atoms with E-state index in [4.69, 9.17) is 0 Å². The van der Waals surface area contributed by atoms with Gasteiger partial charge in [0.05, 0.1) is 0 Å². The first-order valence-corrected chi connectivity index (χ1v) is 7.60. The van der Waals surface area contributed by atoms with E-state index in [1.165, 1.54) is 32.1 Å². The van der Waals surface area contributed by atoms with Crippen molar-refractivity contribution in [2.24, 2.45) is 5.92 Å². The molecule has 2 N–H and O–H groups in total. The number of aromatic hydroxyl groups is 1. The first-order valence-electron chi connectivity index (χ1n) is 7.60. The fourth-order valence-electron chi connectivity index (χ4n) is 3.18. The number of pyridine rings is 1. The molecule has 0 unspecified atom stereocenters. The van der Waals surface area contributed by atoms with Crippen LogP contribution >= 0.6 is 0 Å². The van der Waals surface area contributed by atoms with E-state index in [1.807, 2.05) is 18.3 Å². The smallest absolute Gasteiger partial charge is 0.134 e. The lowest BCUT2D eigenvalue weighted by Crippen LogP contribution is -2.26. The number of anilines is 1. The van der Waals surface area contributed by atoms with Crippen molar-refractivity contribution in [3.8, 4) is 5.75 Å². The lowest BCUT2D eigenvalue weighted by atomic mass is 9.84. The number of rotatable bonds is 3. The van der Waals surface area contributed by atoms with E-state index in [0.29, 0.717) is 11.8 Å². The van der Waals surface area contributed by atoms with Crippen LogP contribution in [0.5, 0.6) is 5.75 Å². The van der Waals surface area contributed by atoms with Gasteiger partial charge in [-0.1, -0.05) is 19.4 Å². The number of benzene rings is 1. The lowest BCUT2D eigenvalue weighted by Gasteiger charge is -2.29. The third kappa shape index (κ3) is 2.72. The predicted molar refractivity (Wildman–Crippen MR) is 83.1 cm³/mol. The molecule has 1 saturated carbocycles. The normalized spacial score (nSPS) is 22.9. The van der Waals surface area contributed by atoms with E-state index in [2.05, 4.69) is 17.2 Å². The Morgan fingerprint density at radius 3 is 2.75 bits per heavy atom. The molecule has 0 aliphatic heterocycles. The maximum absolute atomic E-state index is 9.67. The molecule has 0 atom stereocenters. The SMILES string of the molecule is CCC1CCC(Nc2nccc3ccc(O)cc23)CC1. The first kappa shape index (κ1) is 13.2. The van der Waals surface area contributed by atoms with Crippen LogP contribution in [0.4, 0.5) is 5.82 Å². The topological polar surface area (TPSA) is 45.2 Å². The zero-order valence-corrected chi connectivity index (χ0v) is 12.0. The number of hydrogen-bond acceptors (Lipinski definition) is 3. The molecule has 3 nitrogen and oxygen atoms in total. The highest BCUT2D eigenvalue weighted by Crippen LogP contribution is 2.30. The molecule has 2 aromatic rings. The Kier molecular flexibility index (Phi) is 3.77. The largest absolute Gasteiger partial charge is 0.508 e. The van der Waals surface area contributed by atoms with Crippen molar-refractivity contribution in [2.45, 2.75) is 45.1 Å². The zero-order chi connectivity index (χ0) is 13.9. The van der Waals surface area contributed by atoms with Gasteiger partial charge in [0.1, 0.15) is 11.6 Å². The number of hydrogen-bond donors (Lipinski definition) is 2. The van der Waals surface area contributed by atoms with Gasteiger partial charge in [0.2, 0.25) is 0 Å². The number of nitrogens with one attached hydrogen (secondary N) is 1. The van der Waals surface area contributed by atoms with Gasteiger partial charge in [0.25, 0.3) is 0 Å². The van der Waals surface area contributed by atoms with Gasteiger partial charge in [0, 0.05) is 17.6 Å². The Balaban J connectivity index is 1.79. The summed E-state index contributed by atoms with van der Waals surface area (Å²) in [6.07, 6.45) is 8.19. The molecule has 1 aromatic heterocycles. The molecule has 1 heterocycles. The minimum atomic E-state index is 0.295. The molecule has 1 aliphatic rings. The summed E-state index contributed by atoms with van der Waals surface area (Å²) in [7, 11) is 0. The average Bonchev–Trinajstić information content (AvgIpc) is 2.49. The molecule has 0 amide bonds. The Morgan fingerprint density at radius 2 is 2.00 bits per heavy atom. The summed E-state index contributed by atoms with van der Waals surface area (Å²) in [5.41, 5.74) is 0. The van der Waals surface area contributed by atoms with Crippen LogP contribution in [0, 0.1) is 5.92 Å². The van der Waals surface area contributed by atoms with Crippen molar-refractivity contribution in [1.82, 2.24) is 4.98 Å². The van der Waals surface area contributed by atoms with Crippen LogP contribution in [0.1, 0.15) is 39.0 Å². The highest BCUT2D eigenvalue weighted by molar-refractivity contribution is 5.92. The van der Waals surface area contributed by atoms with E-state index < -0.39 is 0 Å². The molecule has 0 bridgehead atoms. The average molecular weight is 270 g/mol. The molecule has 106 valence electrons. The van der Waals surface area contributed by atoms with Gasteiger partial charge < -0.3 is 10.4 Å². The van der Waals surface area contributed by atoms with Crippen molar-refractivity contribution < 1.29 is 5.11 Å². The molecule has 1 fully saturated rings. The van der Waals surface area contributed by atoms with Gasteiger partial charge >= 0.3 is 0 Å². The second kappa shape index (κ2) is 5.70. The summed E-state index contributed by atoms with van der Waals surface area (Å²) < 4.78 is 0. The van der Waals surface area contributed by atoms with Crippen LogP contribution in [-0.4, -0.2) is 16.1 Å². The molecule has 1 aliphatic carbocycles. The Labute approximate surface area is 120 Å². The van der Waals surface area contributed by atoms with Gasteiger partial charge in [-0.2, -0.15) is 0 Å². The van der Waals surface area contributed by atoms with Crippen molar-refractivity contribution in [3.05, 3.63) is 30.5 Å². The molecular weight excluding hydrogens is 248 g/mol. The number of nitrogens with zero attached hydrogens (tertiary/aromatic N) is 1. The van der Waals surface area contributed by atoms with Gasteiger partial charge in [-0.05, 0) is 55.2 Å². The molecule has 3 heteroatoms. The number of fused-ring (bicyclic) bond motifs is 1. The maximum Gasteiger partial charge on any atom is 0.134 e. The number of phenols is 1.